The van der Waals surface area contributed by atoms with E-state index >= 15 is 0 Å². The zero-order valence-corrected chi connectivity index (χ0v) is 11.5. The summed E-state index contributed by atoms with van der Waals surface area (Å²) in [6.07, 6.45) is 9.56. The van der Waals surface area contributed by atoms with Crippen LogP contribution in [0.25, 0.3) is 0 Å². The molecule has 0 unspecified atom stereocenters. The highest BCUT2D eigenvalue weighted by atomic mass is 32.1. The summed E-state index contributed by atoms with van der Waals surface area (Å²) >= 11 is 1.91. The van der Waals surface area contributed by atoms with Crippen molar-refractivity contribution >= 4 is 11.3 Å². The average molecular weight is 250 g/mol. The molecule has 0 amide bonds. The molecule has 0 aromatic carbocycles. The van der Waals surface area contributed by atoms with Crippen molar-refractivity contribution in [2.24, 2.45) is 0 Å². The Hall–Kier alpha value is -0.410. The molecule has 0 saturated heterocycles. The van der Waals surface area contributed by atoms with Gasteiger partial charge in [0.25, 0.3) is 0 Å². The Balaban J connectivity index is 1.78. The van der Waals surface area contributed by atoms with E-state index in [9.17, 15) is 0 Å². The Kier molecular flexibility index (Phi) is 3.22. The van der Waals surface area contributed by atoms with E-state index in [1.807, 2.05) is 11.3 Å². The van der Waals surface area contributed by atoms with E-state index in [1.54, 1.807) is 0 Å². The first kappa shape index (κ1) is 11.7. The number of nitrogens with zero attached hydrogens (tertiary/aromatic N) is 1. The Morgan fingerprint density at radius 3 is 2.71 bits per heavy atom. The molecule has 2 nitrogen and oxygen atoms in total. The van der Waals surface area contributed by atoms with E-state index in [0.29, 0.717) is 5.41 Å². The zero-order valence-electron chi connectivity index (χ0n) is 10.7. The van der Waals surface area contributed by atoms with Crippen molar-refractivity contribution in [2.45, 2.75) is 56.3 Å². The van der Waals surface area contributed by atoms with Crippen molar-refractivity contribution in [3.05, 3.63) is 16.1 Å². The van der Waals surface area contributed by atoms with E-state index in [2.05, 4.69) is 17.7 Å². The van der Waals surface area contributed by atoms with Gasteiger partial charge < -0.3 is 5.32 Å². The molecule has 0 atom stereocenters. The number of thiazole rings is 1. The van der Waals surface area contributed by atoms with Crippen molar-refractivity contribution in [1.29, 1.82) is 0 Å². The normalized spacial score (nSPS) is 23.8. The first-order chi connectivity index (χ1) is 8.34. The monoisotopic (exact) mass is 250 g/mol. The Labute approximate surface area is 108 Å². The van der Waals surface area contributed by atoms with Gasteiger partial charge in [0, 0.05) is 23.3 Å². The van der Waals surface area contributed by atoms with Crippen molar-refractivity contribution in [3.63, 3.8) is 0 Å². The highest BCUT2D eigenvalue weighted by Gasteiger charge is 2.40. The lowest BCUT2D eigenvalue weighted by Gasteiger charge is -2.40. The lowest BCUT2D eigenvalue weighted by atomic mass is 9.67. The molecule has 0 aliphatic heterocycles. The van der Waals surface area contributed by atoms with Crippen molar-refractivity contribution in [2.75, 3.05) is 13.6 Å². The molecule has 2 fully saturated rings. The summed E-state index contributed by atoms with van der Waals surface area (Å²) in [5.41, 5.74) is 1.76. The minimum atomic E-state index is 0.377. The molecule has 1 N–H and O–H groups in total. The molecule has 2 aliphatic carbocycles. The van der Waals surface area contributed by atoms with Gasteiger partial charge in [-0.05, 0) is 32.7 Å². The smallest absolute Gasteiger partial charge is 0.0959 e. The second kappa shape index (κ2) is 4.69. The zero-order chi connectivity index (χ0) is 11.7. The Bertz CT molecular complexity index is 375. The van der Waals surface area contributed by atoms with Crippen LogP contribution < -0.4 is 5.32 Å². The maximum Gasteiger partial charge on any atom is 0.0959 e. The molecular weight excluding hydrogens is 228 g/mol. The highest BCUT2D eigenvalue weighted by Crippen LogP contribution is 2.45. The van der Waals surface area contributed by atoms with Gasteiger partial charge in [0.15, 0.2) is 0 Å². The first-order valence-electron chi connectivity index (χ1n) is 6.95. The predicted octanol–water partition coefficient (Wildman–Crippen LogP) is 3.44. The molecule has 3 heteroatoms. The predicted molar refractivity (Wildman–Crippen MR) is 72.8 cm³/mol. The number of hydrogen-bond donors (Lipinski definition) is 1. The maximum atomic E-state index is 4.98. The topological polar surface area (TPSA) is 24.9 Å². The molecule has 0 bridgehead atoms. The minimum Gasteiger partial charge on any atom is -0.319 e. The van der Waals surface area contributed by atoms with Crippen LogP contribution in [0.5, 0.6) is 0 Å². The Morgan fingerprint density at radius 2 is 2.12 bits per heavy atom. The largest absolute Gasteiger partial charge is 0.319 e. The van der Waals surface area contributed by atoms with Crippen LogP contribution in [0.15, 0.2) is 5.38 Å². The van der Waals surface area contributed by atoms with Gasteiger partial charge in [0.2, 0.25) is 0 Å². The number of rotatable bonds is 4. The lowest BCUT2D eigenvalue weighted by Crippen LogP contribution is -2.43. The maximum absolute atomic E-state index is 4.98. The van der Waals surface area contributed by atoms with Crippen LogP contribution in [0.3, 0.4) is 0 Å². The number of hydrogen-bond acceptors (Lipinski definition) is 3. The first-order valence-corrected chi connectivity index (χ1v) is 7.82. The van der Waals surface area contributed by atoms with Gasteiger partial charge in [-0.2, -0.15) is 0 Å². The fourth-order valence-electron chi connectivity index (χ4n) is 3.36. The summed E-state index contributed by atoms with van der Waals surface area (Å²) in [5, 5.41) is 7.11. The molecule has 2 saturated carbocycles. The molecule has 3 rings (SSSR count). The number of nitrogens with one attached hydrogen (secondary N) is 1. The van der Waals surface area contributed by atoms with Crippen LogP contribution in [0.4, 0.5) is 0 Å². The standard InChI is InChI=1S/C14H22N2S/c1-15-10-14(7-4-8-14)12-9-17-13(16-12)11-5-2-3-6-11/h9,11,15H,2-8,10H2,1H3. The summed E-state index contributed by atoms with van der Waals surface area (Å²) in [5.74, 6) is 0.778. The van der Waals surface area contributed by atoms with E-state index in [0.717, 1.165) is 12.5 Å². The molecular formula is C14H22N2S. The van der Waals surface area contributed by atoms with E-state index < -0.39 is 0 Å². The summed E-state index contributed by atoms with van der Waals surface area (Å²) in [6.45, 7) is 1.10. The summed E-state index contributed by atoms with van der Waals surface area (Å²) in [4.78, 5) is 4.98. The third kappa shape index (κ3) is 2.04. The average Bonchev–Trinajstić information content (AvgIpc) is 2.92. The molecule has 94 valence electrons. The summed E-state index contributed by atoms with van der Waals surface area (Å²) in [7, 11) is 2.06. The van der Waals surface area contributed by atoms with Crippen LogP contribution in [0.2, 0.25) is 0 Å². The van der Waals surface area contributed by atoms with Crippen LogP contribution in [0.1, 0.15) is 61.6 Å². The van der Waals surface area contributed by atoms with Gasteiger partial charge in [0.05, 0.1) is 10.7 Å². The van der Waals surface area contributed by atoms with Gasteiger partial charge in [-0.1, -0.05) is 19.3 Å². The molecule has 1 aromatic rings. The lowest BCUT2D eigenvalue weighted by molar-refractivity contribution is 0.233. The molecule has 0 radical (unpaired) electrons. The van der Waals surface area contributed by atoms with Crippen LogP contribution in [-0.2, 0) is 5.41 Å². The van der Waals surface area contributed by atoms with E-state index in [-0.39, 0.29) is 0 Å². The molecule has 2 aliphatic rings. The highest BCUT2D eigenvalue weighted by molar-refractivity contribution is 7.09. The quantitative estimate of drug-likeness (QED) is 0.885. The summed E-state index contributed by atoms with van der Waals surface area (Å²) < 4.78 is 0. The molecule has 1 heterocycles. The van der Waals surface area contributed by atoms with Gasteiger partial charge in [-0.15, -0.1) is 11.3 Å². The van der Waals surface area contributed by atoms with Crippen molar-refractivity contribution in [1.82, 2.24) is 10.3 Å². The van der Waals surface area contributed by atoms with E-state index in [1.165, 1.54) is 55.6 Å². The van der Waals surface area contributed by atoms with Gasteiger partial charge >= 0.3 is 0 Å². The fourth-order valence-corrected chi connectivity index (χ4v) is 4.47. The third-order valence-electron chi connectivity index (χ3n) is 4.60. The fraction of sp³-hybridized carbons (Fsp3) is 0.786. The van der Waals surface area contributed by atoms with Gasteiger partial charge in [-0.3, -0.25) is 0 Å². The number of likely N-dealkylation sites (N-methyl/N-ethyl adjacent to an activating group) is 1. The van der Waals surface area contributed by atoms with Gasteiger partial charge in [-0.25, -0.2) is 4.98 Å². The molecule has 17 heavy (non-hydrogen) atoms. The van der Waals surface area contributed by atoms with Crippen molar-refractivity contribution in [3.8, 4) is 0 Å². The number of aromatic nitrogens is 1. The SMILES string of the molecule is CNCC1(c2csc(C3CCCC3)n2)CCC1. The van der Waals surface area contributed by atoms with Gasteiger partial charge in [0.1, 0.15) is 0 Å². The van der Waals surface area contributed by atoms with Crippen molar-refractivity contribution < 1.29 is 0 Å². The van der Waals surface area contributed by atoms with Crippen LogP contribution in [-0.4, -0.2) is 18.6 Å². The van der Waals surface area contributed by atoms with E-state index in [4.69, 9.17) is 4.98 Å². The summed E-state index contributed by atoms with van der Waals surface area (Å²) in [6, 6.07) is 0. The Morgan fingerprint density at radius 1 is 1.35 bits per heavy atom. The van der Waals surface area contributed by atoms with Crippen LogP contribution in [0, 0.1) is 0 Å². The second-order valence-electron chi connectivity index (χ2n) is 5.72. The molecule has 0 spiro atoms. The third-order valence-corrected chi connectivity index (χ3v) is 5.60. The van der Waals surface area contributed by atoms with Crippen LogP contribution >= 0.6 is 11.3 Å². The minimum absolute atomic E-state index is 0.377. The molecule has 1 aromatic heterocycles. The second-order valence-corrected chi connectivity index (χ2v) is 6.61.